The van der Waals surface area contributed by atoms with Gasteiger partial charge in [-0.05, 0) is 29.8 Å². The van der Waals surface area contributed by atoms with Crippen molar-refractivity contribution in [2.45, 2.75) is 9.79 Å². The molecule has 0 amide bonds. The maximum absolute atomic E-state index is 13.8. The van der Waals surface area contributed by atoms with Gasteiger partial charge in [-0.25, -0.2) is 13.6 Å². The summed E-state index contributed by atoms with van der Waals surface area (Å²) in [6.07, 6.45) is 0. The molecule has 0 radical (unpaired) electrons. The lowest BCUT2D eigenvalue weighted by Gasteiger charge is -2.12. The molecule has 2 rings (SSSR count). The number of rotatable bonds is 4. The Balaban J connectivity index is 2.92. The number of primary sulfonamides is 1. The molecule has 0 heterocycles. The summed E-state index contributed by atoms with van der Waals surface area (Å²) in [7, 11) is -9.32. The molecule has 0 atom stereocenters. The van der Waals surface area contributed by atoms with E-state index in [1.807, 2.05) is 0 Å². The third-order valence-corrected chi connectivity index (χ3v) is 4.85. The van der Waals surface area contributed by atoms with Gasteiger partial charge < -0.3 is 0 Å². The lowest BCUT2D eigenvalue weighted by atomic mass is 10.0. The monoisotopic (exact) mass is 376 g/mol. The van der Waals surface area contributed by atoms with Crippen LogP contribution in [0.15, 0.2) is 46.2 Å². The molecule has 0 aliphatic carbocycles. The van der Waals surface area contributed by atoms with Gasteiger partial charge in [0.05, 0.1) is 9.82 Å². The molecule has 3 N–H and O–H groups in total. The number of hydrogen-bond acceptors (Lipinski definition) is 6. The Kier molecular flexibility index (Phi) is 4.41. The van der Waals surface area contributed by atoms with Crippen LogP contribution in [0.1, 0.15) is 0 Å². The first kappa shape index (κ1) is 17.9. The highest BCUT2D eigenvalue weighted by molar-refractivity contribution is 7.89. The van der Waals surface area contributed by atoms with Crippen molar-refractivity contribution in [1.29, 1.82) is 0 Å². The quantitative estimate of drug-likeness (QED) is 0.462. The van der Waals surface area contributed by atoms with E-state index < -0.39 is 51.9 Å². The van der Waals surface area contributed by atoms with E-state index in [4.69, 9.17) is 5.14 Å². The topological polar surface area (TPSA) is 158 Å². The van der Waals surface area contributed by atoms with E-state index in [2.05, 4.69) is 0 Å². The molecular weight excluding hydrogens is 367 g/mol. The van der Waals surface area contributed by atoms with Crippen molar-refractivity contribution in [3.8, 4) is 11.1 Å². The molecule has 0 fully saturated rings. The van der Waals surface area contributed by atoms with Crippen molar-refractivity contribution in [3.05, 3.63) is 52.3 Å². The van der Waals surface area contributed by atoms with Crippen molar-refractivity contribution in [2.75, 3.05) is 0 Å². The summed E-state index contributed by atoms with van der Waals surface area (Å²) in [4.78, 5) is 8.11. The van der Waals surface area contributed by atoms with E-state index in [0.29, 0.717) is 6.07 Å². The highest BCUT2D eigenvalue weighted by atomic mass is 32.2. The van der Waals surface area contributed by atoms with Crippen molar-refractivity contribution in [3.63, 3.8) is 0 Å². The number of benzene rings is 2. The second kappa shape index (κ2) is 5.90. The van der Waals surface area contributed by atoms with E-state index in [-0.39, 0.29) is 5.56 Å². The predicted octanol–water partition coefficient (Wildman–Crippen LogP) is 1.30. The Labute approximate surface area is 135 Å². The normalized spacial score (nSPS) is 12.1. The predicted molar refractivity (Wildman–Crippen MR) is 79.7 cm³/mol. The minimum absolute atomic E-state index is 0.324. The number of nitrogens with two attached hydrogens (primary N) is 1. The first-order chi connectivity index (χ1) is 10.9. The molecule has 0 unspecified atom stereocenters. The zero-order chi connectivity index (χ0) is 18.3. The Morgan fingerprint density at radius 3 is 2.12 bits per heavy atom. The Hall–Kier alpha value is -2.41. The molecular formula is C12H9FN2O7S2. The van der Waals surface area contributed by atoms with Gasteiger partial charge in [-0.15, -0.1) is 0 Å². The van der Waals surface area contributed by atoms with Crippen molar-refractivity contribution in [2.24, 2.45) is 5.14 Å². The van der Waals surface area contributed by atoms with E-state index >= 15 is 0 Å². The lowest BCUT2D eigenvalue weighted by molar-refractivity contribution is -0.387. The highest BCUT2D eigenvalue weighted by Gasteiger charge is 2.26. The van der Waals surface area contributed by atoms with E-state index in [1.165, 1.54) is 0 Å². The molecule has 0 aliphatic heterocycles. The molecule has 9 nitrogen and oxygen atoms in total. The fourth-order valence-corrected chi connectivity index (χ4v) is 3.64. The first-order valence-corrected chi connectivity index (χ1v) is 8.99. The second-order valence-corrected chi connectivity index (χ2v) is 7.49. The number of nitro benzene ring substituents is 1. The van der Waals surface area contributed by atoms with Crippen LogP contribution in [0.2, 0.25) is 0 Å². The summed E-state index contributed by atoms with van der Waals surface area (Å²) in [5.74, 6) is -1.32. The fourth-order valence-electron chi connectivity index (χ4n) is 2.06. The van der Waals surface area contributed by atoms with Crippen LogP contribution in [0.5, 0.6) is 0 Å². The van der Waals surface area contributed by atoms with Crippen molar-refractivity contribution >= 4 is 25.8 Å². The van der Waals surface area contributed by atoms with Crippen molar-refractivity contribution in [1.82, 2.24) is 0 Å². The third-order valence-electron chi connectivity index (χ3n) is 3.01. The van der Waals surface area contributed by atoms with Gasteiger partial charge in [-0.1, -0.05) is 6.07 Å². The molecule has 2 aromatic carbocycles. The Morgan fingerprint density at radius 1 is 1.08 bits per heavy atom. The Morgan fingerprint density at radius 2 is 1.67 bits per heavy atom. The summed E-state index contributed by atoms with van der Waals surface area (Å²) in [5, 5.41) is 15.7. The number of nitrogens with zero attached hydrogens (tertiary/aromatic N) is 1. The first-order valence-electron chi connectivity index (χ1n) is 6.00. The van der Waals surface area contributed by atoms with Crippen molar-refractivity contribution < 1.29 is 30.7 Å². The van der Waals surface area contributed by atoms with Crippen LogP contribution in [0, 0.1) is 15.9 Å². The van der Waals surface area contributed by atoms with Crippen LogP contribution in [0.25, 0.3) is 11.1 Å². The molecule has 0 saturated carbocycles. The molecule has 0 bridgehead atoms. The smallest absolute Gasteiger partial charge is 0.282 e. The molecule has 24 heavy (non-hydrogen) atoms. The minimum atomic E-state index is -4.88. The van der Waals surface area contributed by atoms with Crippen LogP contribution in [0.4, 0.5) is 10.1 Å². The number of sulfonamides is 1. The number of hydrogen-bond donors (Lipinski definition) is 2. The molecule has 0 aliphatic rings. The number of halogens is 1. The molecule has 0 saturated heterocycles. The molecule has 12 heteroatoms. The maximum atomic E-state index is 13.8. The molecule has 0 spiro atoms. The lowest BCUT2D eigenvalue weighted by Crippen LogP contribution is -2.15. The molecule has 0 aromatic heterocycles. The van der Waals surface area contributed by atoms with Gasteiger partial charge in [-0.2, -0.15) is 12.8 Å². The average molecular weight is 376 g/mol. The zero-order valence-corrected chi connectivity index (χ0v) is 13.2. The molecule has 128 valence electrons. The standard InChI is InChI=1S/C12H9FN2O7S2/c13-8-6-7(4-5-9(8)15(16)17)12-10(23(14,18)19)2-1-3-11(12)24(20,21)22/h1-6H,(H2,14,18,19)(H,20,21,22). The van der Waals surface area contributed by atoms with Gasteiger partial charge >= 0.3 is 5.69 Å². The highest BCUT2D eigenvalue weighted by Crippen LogP contribution is 2.35. The SMILES string of the molecule is NS(=O)(=O)c1cccc(S(=O)(=O)O)c1-c1ccc([N+](=O)[O-])c(F)c1. The summed E-state index contributed by atoms with van der Waals surface area (Å²) in [6.45, 7) is 0. The Bertz CT molecular complexity index is 999. The van der Waals surface area contributed by atoms with Crippen LogP contribution >= 0.6 is 0 Å². The zero-order valence-electron chi connectivity index (χ0n) is 11.6. The van der Waals surface area contributed by atoms with Crippen LogP contribution in [0.3, 0.4) is 0 Å². The third kappa shape index (κ3) is 3.41. The van der Waals surface area contributed by atoms with E-state index in [9.17, 15) is 35.9 Å². The minimum Gasteiger partial charge on any atom is -0.282 e. The van der Waals surface area contributed by atoms with Crippen LogP contribution < -0.4 is 5.14 Å². The largest absolute Gasteiger partial charge is 0.304 e. The van der Waals surface area contributed by atoms with Gasteiger partial charge in [0, 0.05) is 11.6 Å². The van der Waals surface area contributed by atoms with E-state index in [1.54, 1.807) is 0 Å². The van der Waals surface area contributed by atoms with Gasteiger partial charge in [0.2, 0.25) is 15.8 Å². The van der Waals surface area contributed by atoms with Crippen LogP contribution in [-0.4, -0.2) is 26.3 Å². The van der Waals surface area contributed by atoms with Gasteiger partial charge in [-0.3, -0.25) is 14.7 Å². The number of nitro groups is 1. The van der Waals surface area contributed by atoms with Gasteiger partial charge in [0.25, 0.3) is 10.1 Å². The maximum Gasteiger partial charge on any atom is 0.304 e. The average Bonchev–Trinajstić information content (AvgIpc) is 2.44. The van der Waals surface area contributed by atoms with Gasteiger partial charge in [0.1, 0.15) is 4.90 Å². The summed E-state index contributed by atoms with van der Waals surface area (Å²) < 4.78 is 69.4. The molecule has 2 aromatic rings. The summed E-state index contributed by atoms with van der Waals surface area (Å²) in [6, 6.07) is 5.13. The second-order valence-electron chi connectivity index (χ2n) is 4.57. The van der Waals surface area contributed by atoms with Crippen LogP contribution in [-0.2, 0) is 20.1 Å². The fraction of sp³-hybridized carbons (Fsp3) is 0. The van der Waals surface area contributed by atoms with Gasteiger partial charge in [0.15, 0.2) is 0 Å². The van der Waals surface area contributed by atoms with E-state index in [0.717, 1.165) is 30.3 Å². The summed E-state index contributed by atoms with van der Waals surface area (Å²) in [5.41, 5.74) is -1.80. The summed E-state index contributed by atoms with van der Waals surface area (Å²) >= 11 is 0.